The first-order chi connectivity index (χ1) is 26.7. The van der Waals surface area contributed by atoms with Gasteiger partial charge in [0.2, 0.25) is 0 Å². The molecule has 0 saturated heterocycles. The number of thiophene rings is 1. The van der Waals surface area contributed by atoms with Gasteiger partial charge in [-0.2, -0.15) is 0 Å². The monoisotopic (exact) mass is 705 g/mol. The number of hydrogen-bond donors (Lipinski definition) is 0. The van der Waals surface area contributed by atoms with Crippen LogP contribution in [0.5, 0.6) is 0 Å². The van der Waals surface area contributed by atoms with Crippen molar-refractivity contribution in [1.82, 2.24) is 0 Å². The van der Waals surface area contributed by atoms with Crippen LogP contribution in [0.15, 0.2) is 212 Å². The van der Waals surface area contributed by atoms with E-state index in [4.69, 9.17) is 0 Å². The molecule has 0 amide bonds. The Hall–Kier alpha value is -6.74. The Balaban J connectivity index is 1.02. The summed E-state index contributed by atoms with van der Waals surface area (Å²) < 4.78 is 2.59. The summed E-state index contributed by atoms with van der Waals surface area (Å²) in [6.07, 6.45) is 0. The molecule has 0 aliphatic heterocycles. The van der Waals surface area contributed by atoms with Crippen LogP contribution in [-0.2, 0) is 0 Å². The Kier molecular flexibility index (Phi) is 8.09. The van der Waals surface area contributed by atoms with Crippen LogP contribution in [0, 0.1) is 0 Å². The van der Waals surface area contributed by atoms with E-state index in [-0.39, 0.29) is 0 Å². The molecule has 0 radical (unpaired) electrons. The van der Waals surface area contributed by atoms with E-state index in [2.05, 4.69) is 217 Å². The number of rotatable bonds is 7. The topological polar surface area (TPSA) is 3.24 Å². The maximum Gasteiger partial charge on any atom is 0.0554 e. The van der Waals surface area contributed by atoms with Gasteiger partial charge in [0.15, 0.2) is 0 Å². The summed E-state index contributed by atoms with van der Waals surface area (Å²) in [4.78, 5) is 2.42. The van der Waals surface area contributed by atoms with Gasteiger partial charge in [0.1, 0.15) is 0 Å². The highest BCUT2D eigenvalue weighted by molar-refractivity contribution is 7.26. The summed E-state index contributed by atoms with van der Waals surface area (Å²) in [7, 11) is 0. The SMILES string of the molecule is c1ccc(-c2ccc(-c3ccc(N(c4ccc(-c5ccc6cc(-c7ccccc7)ccc6c5)cc4)c4cccc5sc6ccccc6c45)cc3)cc2)cc1. The lowest BCUT2D eigenvalue weighted by Gasteiger charge is -2.27. The lowest BCUT2D eigenvalue weighted by Crippen LogP contribution is -2.10. The molecule has 0 aliphatic rings. The van der Waals surface area contributed by atoms with Crippen molar-refractivity contribution in [1.29, 1.82) is 0 Å². The third-order valence-electron chi connectivity index (χ3n) is 10.5. The highest BCUT2D eigenvalue weighted by Crippen LogP contribution is 2.45. The second kappa shape index (κ2) is 13.7. The van der Waals surface area contributed by atoms with E-state index >= 15 is 0 Å². The Morgan fingerprint density at radius 2 is 0.704 bits per heavy atom. The van der Waals surface area contributed by atoms with Crippen molar-refractivity contribution in [3.63, 3.8) is 0 Å². The van der Waals surface area contributed by atoms with E-state index in [0.717, 1.165) is 11.4 Å². The molecule has 10 aromatic rings. The molecule has 2 heteroatoms. The van der Waals surface area contributed by atoms with Crippen molar-refractivity contribution in [2.75, 3.05) is 4.90 Å². The zero-order valence-electron chi connectivity index (χ0n) is 29.6. The smallest absolute Gasteiger partial charge is 0.0554 e. The van der Waals surface area contributed by atoms with Crippen LogP contribution < -0.4 is 4.90 Å². The van der Waals surface area contributed by atoms with Gasteiger partial charge < -0.3 is 4.90 Å². The molecule has 0 aliphatic carbocycles. The molecule has 1 nitrogen and oxygen atoms in total. The zero-order valence-corrected chi connectivity index (χ0v) is 30.4. The standard InChI is InChI=1S/C52H35NS/c1-3-10-36(11-4-1)38-18-20-39(21-19-38)40-26-30-46(31-27-40)53(49-15-9-17-51-52(49)48-14-7-8-16-50(48)54-51)47-32-28-41(29-33-47)43-23-25-44-34-42(22-24-45(44)35-43)37-12-5-2-6-13-37/h1-35H. The lowest BCUT2D eigenvalue weighted by atomic mass is 9.97. The van der Waals surface area contributed by atoms with Gasteiger partial charge in [0.25, 0.3) is 0 Å². The molecular weight excluding hydrogens is 671 g/mol. The summed E-state index contributed by atoms with van der Waals surface area (Å²) in [6.45, 7) is 0. The predicted octanol–water partition coefficient (Wildman–Crippen LogP) is 15.3. The van der Waals surface area contributed by atoms with Gasteiger partial charge in [-0.3, -0.25) is 0 Å². The molecule has 0 saturated carbocycles. The summed E-state index contributed by atoms with van der Waals surface area (Å²) in [5.41, 5.74) is 13.2. The van der Waals surface area contributed by atoms with E-state index in [1.54, 1.807) is 0 Å². The van der Waals surface area contributed by atoms with Crippen LogP contribution in [-0.4, -0.2) is 0 Å². The third-order valence-corrected chi connectivity index (χ3v) is 11.6. The molecule has 54 heavy (non-hydrogen) atoms. The van der Waals surface area contributed by atoms with Crippen LogP contribution in [0.2, 0.25) is 0 Å². The maximum absolute atomic E-state index is 2.42. The quantitative estimate of drug-likeness (QED) is 0.160. The van der Waals surface area contributed by atoms with Crippen LogP contribution >= 0.6 is 11.3 Å². The third kappa shape index (κ3) is 5.93. The van der Waals surface area contributed by atoms with E-state index in [9.17, 15) is 0 Å². The second-order valence-electron chi connectivity index (χ2n) is 13.8. The minimum absolute atomic E-state index is 1.12. The molecule has 0 unspecified atom stereocenters. The molecule has 0 atom stereocenters. The molecule has 9 aromatic carbocycles. The fourth-order valence-corrected chi connectivity index (χ4v) is 8.82. The zero-order chi connectivity index (χ0) is 35.8. The molecule has 1 aromatic heterocycles. The first kappa shape index (κ1) is 32.0. The number of anilines is 3. The average molecular weight is 706 g/mol. The molecule has 1 heterocycles. The van der Waals surface area contributed by atoms with Crippen LogP contribution in [0.3, 0.4) is 0 Å². The maximum atomic E-state index is 2.42. The molecule has 254 valence electrons. The van der Waals surface area contributed by atoms with E-state index in [1.165, 1.54) is 81.1 Å². The fraction of sp³-hybridized carbons (Fsp3) is 0. The van der Waals surface area contributed by atoms with Gasteiger partial charge in [-0.1, -0.05) is 158 Å². The number of benzene rings is 9. The van der Waals surface area contributed by atoms with Gasteiger partial charge in [0, 0.05) is 31.5 Å². The molecule has 0 N–H and O–H groups in total. The predicted molar refractivity (Wildman–Crippen MR) is 233 cm³/mol. The first-order valence-corrected chi connectivity index (χ1v) is 19.2. The van der Waals surface area contributed by atoms with Gasteiger partial charge in [0.05, 0.1) is 5.69 Å². The minimum atomic E-state index is 1.12. The van der Waals surface area contributed by atoms with Gasteiger partial charge in [-0.15, -0.1) is 11.3 Å². The van der Waals surface area contributed by atoms with E-state index < -0.39 is 0 Å². The highest BCUT2D eigenvalue weighted by Gasteiger charge is 2.19. The lowest BCUT2D eigenvalue weighted by molar-refractivity contribution is 1.30. The van der Waals surface area contributed by atoms with Crippen LogP contribution in [0.4, 0.5) is 17.1 Å². The number of fused-ring (bicyclic) bond motifs is 4. The summed E-state index contributed by atoms with van der Waals surface area (Å²) in [5, 5.41) is 5.06. The van der Waals surface area contributed by atoms with Gasteiger partial charge in [-0.25, -0.2) is 0 Å². The molecule has 0 spiro atoms. The molecule has 0 fully saturated rings. The van der Waals surface area contributed by atoms with Gasteiger partial charge in [-0.05, 0) is 110 Å². The van der Waals surface area contributed by atoms with Crippen LogP contribution in [0.25, 0.3) is 75.5 Å². The largest absolute Gasteiger partial charge is 0.310 e. The van der Waals surface area contributed by atoms with E-state index in [0.29, 0.717) is 0 Å². The van der Waals surface area contributed by atoms with Crippen LogP contribution in [0.1, 0.15) is 0 Å². The van der Waals surface area contributed by atoms with E-state index in [1.807, 2.05) is 11.3 Å². The summed E-state index contributed by atoms with van der Waals surface area (Å²) in [6, 6.07) is 77.1. The van der Waals surface area contributed by atoms with Crippen molar-refractivity contribution in [3.05, 3.63) is 212 Å². The Morgan fingerprint density at radius 3 is 1.26 bits per heavy atom. The summed E-state index contributed by atoms with van der Waals surface area (Å²) in [5.74, 6) is 0. The Bertz CT molecular complexity index is 2890. The minimum Gasteiger partial charge on any atom is -0.310 e. The van der Waals surface area contributed by atoms with Gasteiger partial charge >= 0.3 is 0 Å². The normalized spacial score (nSPS) is 11.3. The van der Waals surface area contributed by atoms with Crippen molar-refractivity contribution in [3.8, 4) is 44.5 Å². The fourth-order valence-electron chi connectivity index (χ4n) is 7.70. The van der Waals surface area contributed by atoms with Crippen molar-refractivity contribution in [2.45, 2.75) is 0 Å². The Morgan fingerprint density at radius 1 is 0.296 bits per heavy atom. The van der Waals surface area contributed by atoms with Crippen molar-refractivity contribution < 1.29 is 0 Å². The summed E-state index contributed by atoms with van der Waals surface area (Å²) >= 11 is 1.86. The number of hydrogen-bond acceptors (Lipinski definition) is 2. The van der Waals surface area contributed by atoms with Crippen molar-refractivity contribution in [2.24, 2.45) is 0 Å². The molecule has 10 rings (SSSR count). The number of nitrogens with zero attached hydrogens (tertiary/aromatic N) is 1. The molecule has 0 bridgehead atoms. The first-order valence-electron chi connectivity index (χ1n) is 18.4. The highest BCUT2D eigenvalue weighted by atomic mass is 32.1. The Labute approximate surface area is 319 Å². The van der Waals surface area contributed by atoms with Crippen molar-refractivity contribution >= 4 is 59.3 Å². The average Bonchev–Trinajstić information content (AvgIpc) is 3.64. The second-order valence-corrected chi connectivity index (χ2v) is 14.8. The molecular formula is C52H35NS.